The molecule has 1 unspecified atom stereocenters. The Morgan fingerprint density at radius 1 is 1.08 bits per heavy atom. The van der Waals surface area contributed by atoms with Crippen molar-refractivity contribution in [2.75, 3.05) is 23.5 Å². The summed E-state index contributed by atoms with van der Waals surface area (Å²) in [7, 11) is 1.34. The maximum atomic E-state index is 12.8. The van der Waals surface area contributed by atoms with Crippen molar-refractivity contribution < 1.29 is 29.0 Å². The van der Waals surface area contributed by atoms with E-state index < -0.39 is 17.8 Å². The van der Waals surface area contributed by atoms with Crippen LogP contribution in [0.25, 0.3) is 0 Å². The van der Waals surface area contributed by atoms with Gasteiger partial charge in [-0.05, 0) is 61.1 Å². The lowest BCUT2D eigenvalue weighted by Crippen LogP contribution is -2.17. The maximum Gasteiger partial charge on any atom is 0.341 e. The monoisotopic (exact) mass is 538 g/mol. The first-order valence-corrected chi connectivity index (χ1v) is 13.5. The molecule has 0 saturated carbocycles. The molecule has 0 radical (unpaired) electrons. The molecule has 2 amide bonds. The summed E-state index contributed by atoms with van der Waals surface area (Å²) in [5, 5.41) is 15.4. The minimum atomic E-state index is -1.18. The van der Waals surface area contributed by atoms with Crippen molar-refractivity contribution in [3.8, 4) is 0 Å². The van der Waals surface area contributed by atoms with E-state index in [1.807, 2.05) is 6.07 Å². The fraction of sp³-hybridized carbons (Fsp3) is 0.259. The largest absolute Gasteiger partial charge is 0.478 e. The van der Waals surface area contributed by atoms with Gasteiger partial charge in [0.05, 0.1) is 29.6 Å². The number of benzene rings is 2. The number of anilines is 2. The van der Waals surface area contributed by atoms with E-state index in [1.165, 1.54) is 42.3 Å². The topological polar surface area (TPSA) is 122 Å². The molecule has 1 heterocycles. The molecule has 0 saturated heterocycles. The summed E-state index contributed by atoms with van der Waals surface area (Å²) in [6.07, 6.45) is 2.66. The molecule has 1 aliphatic rings. The molecule has 1 aliphatic carbocycles. The van der Waals surface area contributed by atoms with Crippen LogP contribution in [0.5, 0.6) is 0 Å². The second-order valence-electron chi connectivity index (χ2n) is 8.72. The van der Waals surface area contributed by atoms with Gasteiger partial charge in [-0.25, -0.2) is 9.59 Å². The first kappa shape index (κ1) is 26.4. The average Bonchev–Trinajstić information content (AvgIpc) is 3.23. The molecular formula is C27H26N2O6S2. The van der Waals surface area contributed by atoms with Crippen LogP contribution in [-0.2, 0) is 22.4 Å². The number of fused-ring (bicyclic) bond motifs is 1. The first-order valence-electron chi connectivity index (χ1n) is 11.7. The van der Waals surface area contributed by atoms with Crippen LogP contribution in [0.1, 0.15) is 54.9 Å². The van der Waals surface area contributed by atoms with Gasteiger partial charge in [0.15, 0.2) is 0 Å². The van der Waals surface area contributed by atoms with E-state index in [9.17, 15) is 24.3 Å². The van der Waals surface area contributed by atoms with Crippen molar-refractivity contribution in [2.45, 2.75) is 31.1 Å². The number of carboxylic acids is 1. The number of carboxylic acid groups (broad SMARTS) is 1. The molecule has 10 heteroatoms. The number of carbonyl (C=O) groups excluding carboxylic acids is 3. The third-order valence-corrected chi connectivity index (χ3v) is 8.18. The number of rotatable bonds is 8. The lowest BCUT2D eigenvalue weighted by Gasteiger charge is -2.18. The molecular weight excluding hydrogens is 512 g/mol. The van der Waals surface area contributed by atoms with Crippen molar-refractivity contribution in [3.05, 3.63) is 75.7 Å². The van der Waals surface area contributed by atoms with Crippen LogP contribution >= 0.6 is 23.1 Å². The van der Waals surface area contributed by atoms with E-state index in [0.717, 1.165) is 34.6 Å². The third kappa shape index (κ3) is 6.20. The highest BCUT2D eigenvalue weighted by atomic mass is 32.2. The molecule has 3 aromatic rings. The summed E-state index contributed by atoms with van der Waals surface area (Å²) in [5.41, 5.74) is 1.88. The van der Waals surface area contributed by atoms with Crippen molar-refractivity contribution in [2.24, 2.45) is 5.92 Å². The van der Waals surface area contributed by atoms with E-state index in [0.29, 0.717) is 22.2 Å². The number of thioether (sulfide) groups is 1. The van der Waals surface area contributed by atoms with Gasteiger partial charge in [0.1, 0.15) is 5.00 Å². The predicted octanol–water partition coefficient (Wildman–Crippen LogP) is 5.34. The molecule has 1 aromatic heterocycles. The number of amides is 2. The number of nitrogens with one attached hydrogen (secondary N) is 2. The number of methoxy groups -OCH3 is 1. The maximum absolute atomic E-state index is 12.8. The molecule has 3 N–H and O–H groups in total. The highest BCUT2D eigenvalue weighted by Gasteiger charge is 2.29. The molecule has 192 valence electrons. The number of thiophene rings is 1. The standard InChI is InChI=1S/C27H26N2O6S2/c1-15-10-11-20-21(12-15)37-25(23(20)27(34)35-2)29-22(30)14-36-17-7-5-6-16(13-17)28-24(31)18-8-3-4-9-19(18)26(32)33/h3-9,13,15H,10-12,14H2,1-2H3,(H,28,31)(H,29,30)(H,32,33). The predicted molar refractivity (Wildman–Crippen MR) is 144 cm³/mol. The fourth-order valence-corrected chi connectivity index (χ4v) is 6.37. The van der Waals surface area contributed by atoms with Crippen molar-refractivity contribution >= 4 is 57.5 Å². The number of carbonyl (C=O) groups is 4. The molecule has 0 aliphatic heterocycles. The zero-order valence-corrected chi connectivity index (χ0v) is 22.0. The van der Waals surface area contributed by atoms with Gasteiger partial charge in [0, 0.05) is 15.5 Å². The molecule has 37 heavy (non-hydrogen) atoms. The smallest absolute Gasteiger partial charge is 0.341 e. The number of hydrogen-bond acceptors (Lipinski definition) is 7. The lowest BCUT2D eigenvalue weighted by atomic mass is 9.88. The van der Waals surface area contributed by atoms with Gasteiger partial charge in [0.2, 0.25) is 5.91 Å². The highest BCUT2D eigenvalue weighted by Crippen LogP contribution is 2.40. The van der Waals surface area contributed by atoms with Gasteiger partial charge in [0.25, 0.3) is 5.91 Å². The van der Waals surface area contributed by atoms with Gasteiger partial charge in [-0.15, -0.1) is 23.1 Å². The summed E-state index contributed by atoms with van der Waals surface area (Å²) in [4.78, 5) is 51.2. The number of hydrogen-bond donors (Lipinski definition) is 3. The number of esters is 1. The lowest BCUT2D eigenvalue weighted by molar-refractivity contribution is -0.113. The summed E-state index contributed by atoms with van der Waals surface area (Å²) < 4.78 is 4.98. The van der Waals surface area contributed by atoms with Crippen LogP contribution in [0.15, 0.2) is 53.4 Å². The normalized spacial score (nSPS) is 14.4. The van der Waals surface area contributed by atoms with Gasteiger partial charge in [-0.1, -0.05) is 25.1 Å². The van der Waals surface area contributed by atoms with Gasteiger partial charge in [-0.2, -0.15) is 0 Å². The minimum absolute atomic E-state index is 0.0573. The zero-order valence-electron chi connectivity index (χ0n) is 20.3. The van der Waals surface area contributed by atoms with Crippen molar-refractivity contribution in [1.29, 1.82) is 0 Å². The molecule has 0 bridgehead atoms. The molecule has 4 rings (SSSR count). The van der Waals surface area contributed by atoms with E-state index in [-0.39, 0.29) is 22.8 Å². The second kappa shape index (κ2) is 11.6. The van der Waals surface area contributed by atoms with Crippen LogP contribution in [0, 0.1) is 5.92 Å². The van der Waals surface area contributed by atoms with Gasteiger partial charge < -0.3 is 20.5 Å². The third-order valence-electron chi connectivity index (χ3n) is 6.02. The Balaban J connectivity index is 1.41. The number of aromatic carboxylic acids is 1. The molecule has 0 fully saturated rings. The van der Waals surface area contributed by atoms with E-state index in [1.54, 1.807) is 30.3 Å². The Labute approximate surface area is 222 Å². The Hall–Kier alpha value is -3.63. The first-order chi connectivity index (χ1) is 17.8. The fourth-order valence-electron chi connectivity index (χ4n) is 4.20. The van der Waals surface area contributed by atoms with Gasteiger partial charge >= 0.3 is 11.9 Å². The summed E-state index contributed by atoms with van der Waals surface area (Å²) in [6.45, 7) is 2.18. The van der Waals surface area contributed by atoms with Crippen LogP contribution < -0.4 is 10.6 Å². The molecule has 2 aromatic carbocycles. The van der Waals surface area contributed by atoms with Crippen LogP contribution in [0.2, 0.25) is 0 Å². The van der Waals surface area contributed by atoms with Crippen LogP contribution in [0.4, 0.5) is 10.7 Å². The molecule has 1 atom stereocenters. The summed E-state index contributed by atoms with van der Waals surface area (Å²) in [5.74, 6) is -1.80. The second-order valence-corrected chi connectivity index (χ2v) is 10.9. The zero-order chi connectivity index (χ0) is 26.5. The van der Waals surface area contributed by atoms with E-state index in [4.69, 9.17) is 4.74 Å². The molecule has 8 nitrogen and oxygen atoms in total. The quantitative estimate of drug-likeness (QED) is 0.261. The summed E-state index contributed by atoms with van der Waals surface area (Å²) in [6, 6.07) is 12.9. The highest BCUT2D eigenvalue weighted by molar-refractivity contribution is 8.00. The van der Waals surface area contributed by atoms with Gasteiger partial charge in [-0.3, -0.25) is 9.59 Å². The Morgan fingerprint density at radius 2 is 1.84 bits per heavy atom. The number of ether oxygens (including phenoxy) is 1. The average molecular weight is 539 g/mol. The SMILES string of the molecule is COC(=O)c1c(NC(=O)CSc2cccc(NC(=O)c3ccccc3C(=O)O)c2)sc2c1CCC(C)C2. The van der Waals surface area contributed by atoms with Crippen molar-refractivity contribution in [3.63, 3.8) is 0 Å². The van der Waals surface area contributed by atoms with Crippen LogP contribution in [-0.4, -0.2) is 41.7 Å². The minimum Gasteiger partial charge on any atom is -0.478 e. The Kier molecular flexibility index (Phi) is 8.30. The van der Waals surface area contributed by atoms with Crippen LogP contribution in [0.3, 0.4) is 0 Å². The Morgan fingerprint density at radius 3 is 2.57 bits per heavy atom. The summed E-state index contributed by atoms with van der Waals surface area (Å²) >= 11 is 2.72. The molecule has 0 spiro atoms. The Bertz CT molecular complexity index is 1370. The van der Waals surface area contributed by atoms with E-state index >= 15 is 0 Å². The van der Waals surface area contributed by atoms with E-state index in [2.05, 4.69) is 17.6 Å². The van der Waals surface area contributed by atoms with Crippen molar-refractivity contribution in [1.82, 2.24) is 0 Å².